The zero-order chi connectivity index (χ0) is 7.98. The van der Waals surface area contributed by atoms with Crippen LogP contribution in [-0.2, 0) is 0 Å². The van der Waals surface area contributed by atoms with Gasteiger partial charge in [-0.2, -0.15) is 5.48 Å². The van der Waals surface area contributed by atoms with Gasteiger partial charge in [-0.05, 0) is 6.08 Å². The van der Waals surface area contributed by atoms with Gasteiger partial charge in [-0.15, -0.1) is 0 Å². The molecular weight excluding hydrogens is 132 g/mol. The van der Waals surface area contributed by atoms with Crippen molar-refractivity contribution in [2.24, 2.45) is 17.2 Å². The van der Waals surface area contributed by atoms with Crippen molar-refractivity contribution in [3.63, 3.8) is 0 Å². The third-order valence-corrected chi connectivity index (χ3v) is 0.756. The van der Waals surface area contributed by atoms with Crippen molar-refractivity contribution < 1.29 is 5.21 Å². The molecule has 10 heavy (non-hydrogen) atoms. The van der Waals surface area contributed by atoms with Crippen molar-refractivity contribution in [3.05, 3.63) is 24.0 Å². The molecule has 0 saturated heterocycles. The van der Waals surface area contributed by atoms with E-state index in [2.05, 4.69) is 0 Å². The molecule has 0 amide bonds. The van der Waals surface area contributed by atoms with Gasteiger partial charge in [0, 0.05) is 0 Å². The maximum atomic E-state index is 8.19. The van der Waals surface area contributed by atoms with Gasteiger partial charge in [0.05, 0.1) is 12.0 Å². The smallest absolute Gasteiger partial charge is 0.0974 e. The topological polar surface area (TPSA) is 110 Å². The van der Waals surface area contributed by atoms with Crippen LogP contribution in [0, 0.1) is 0 Å². The van der Waals surface area contributed by atoms with E-state index in [-0.39, 0.29) is 5.82 Å². The van der Waals surface area contributed by atoms with Crippen LogP contribution in [0.4, 0.5) is 0 Å². The van der Waals surface area contributed by atoms with E-state index in [1.165, 1.54) is 12.2 Å². The van der Waals surface area contributed by atoms with E-state index in [0.29, 0.717) is 0 Å². The molecule has 8 N–H and O–H groups in total. The van der Waals surface area contributed by atoms with E-state index in [4.69, 9.17) is 22.4 Å². The summed E-state index contributed by atoms with van der Waals surface area (Å²) >= 11 is 0. The molecule has 1 atom stereocenters. The highest BCUT2D eigenvalue weighted by atomic mass is 16.5. The van der Waals surface area contributed by atoms with E-state index in [1.54, 1.807) is 6.08 Å². The van der Waals surface area contributed by atoms with Crippen molar-refractivity contribution in [3.8, 4) is 0 Å². The van der Waals surface area contributed by atoms with E-state index in [1.807, 2.05) is 5.48 Å². The Hall–Kier alpha value is -1.04. The molecule has 0 aliphatic carbocycles. The fourth-order valence-electron chi connectivity index (χ4n) is 0.329. The molecule has 0 aromatic heterocycles. The lowest BCUT2D eigenvalue weighted by Crippen LogP contribution is -2.32. The Labute approximate surface area is 59.1 Å². The lowest BCUT2D eigenvalue weighted by Gasteiger charge is -1.99. The van der Waals surface area contributed by atoms with Gasteiger partial charge in [0.15, 0.2) is 0 Å². The minimum atomic E-state index is -0.587. The van der Waals surface area contributed by atoms with Gasteiger partial charge in [-0.3, -0.25) is 0 Å². The second-order valence-corrected chi connectivity index (χ2v) is 1.71. The number of hydrogen-bond donors (Lipinski definition) is 5. The number of allylic oxidation sites excluding steroid dienone is 2. The second kappa shape index (κ2) is 4.80. The molecule has 1 unspecified atom stereocenters. The van der Waals surface area contributed by atoms with Crippen LogP contribution in [0.1, 0.15) is 0 Å². The zero-order valence-corrected chi connectivity index (χ0v) is 5.49. The molecule has 58 valence electrons. The van der Waals surface area contributed by atoms with Gasteiger partial charge in [0.25, 0.3) is 0 Å². The monoisotopic (exact) mass is 144 g/mol. The average Bonchev–Trinajstić information content (AvgIpc) is 1.87. The second-order valence-electron chi connectivity index (χ2n) is 1.71. The molecule has 0 heterocycles. The van der Waals surface area contributed by atoms with Gasteiger partial charge in [-0.1, -0.05) is 12.2 Å². The van der Waals surface area contributed by atoms with E-state index < -0.39 is 6.17 Å². The predicted molar refractivity (Wildman–Crippen MR) is 38.5 cm³/mol. The molecule has 5 heteroatoms. The highest BCUT2D eigenvalue weighted by Gasteiger charge is 1.87. The Kier molecular flexibility index (Phi) is 4.30. The highest BCUT2D eigenvalue weighted by Crippen LogP contribution is 1.78. The normalized spacial score (nSPS) is 13.4. The first-order chi connectivity index (χ1) is 4.66. The number of rotatable bonds is 3. The summed E-state index contributed by atoms with van der Waals surface area (Å²) in [7, 11) is 0. The van der Waals surface area contributed by atoms with Crippen molar-refractivity contribution in [2.75, 3.05) is 0 Å². The molecular formula is C5H12N4O. The van der Waals surface area contributed by atoms with E-state index in [9.17, 15) is 0 Å². The first-order valence-corrected chi connectivity index (χ1v) is 2.71. The first kappa shape index (κ1) is 8.96. The van der Waals surface area contributed by atoms with Gasteiger partial charge >= 0.3 is 0 Å². The largest absolute Gasteiger partial charge is 0.386 e. The molecule has 0 aliphatic heterocycles. The molecule has 0 aromatic rings. The summed E-state index contributed by atoms with van der Waals surface area (Å²) < 4.78 is 0. The van der Waals surface area contributed by atoms with Crippen LogP contribution >= 0.6 is 0 Å². The number of hydroxylamine groups is 1. The molecule has 5 nitrogen and oxygen atoms in total. The standard InChI is InChI=1S/C5H12N4O/c6-4(7)2-1-3-5(8)9-10/h1-3,5,9-10H,6-8H2/b3-1+. The summed E-state index contributed by atoms with van der Waals surface area (Å²) in [6.45, 7) is 0. The molecule has 0 aliphatic rings. The maximum Gasteiger partial charge on any atom is 0.0974 e. The molecule has 0 aromatic carbocycles. The third-order valence-electron chi connectivity index (χ3n) is 0.756. The van der Waals surface area contributed by atoms with Crippen molar-refractivity contribution in [1.82, 2.24) is 5.48 Å². The van der Waals surface area contributed by atoms with Gasteiger partial charge in [0.1, 0.15) is 0 Å². The third kappa shape index (κ3) is 5.10. The molecule has 0 saturated carbocycles. The molecule has 0 spiro atoms. The van der Waals surface area contributed by atoms with Crippen LogP contribution in [0.3, 0.4) is 0 Å². The van der Waals surface area contributed by atoms with E-state index >= 15 is 0 Å². The minimum absolute atomic E-state index is 0.196. The molecule has 0 rings (SSSR count). The predicted octanol–water partition coefficient (Wildman–Crippen LogP) is -1.43. The maximum absolute atomic E-state index is 8.19. The molecule has 0 bridgehead atoms. The van der Waals surface area contributed by atoms with Gasteiger partial charge in [-0.25, -0.2) is 0 Å². The Bertz CT molecular complexity index is 139. The summed E-state index contributed by atoms with van der Waals surface area (Å²) in [5.41, 5.74) is 17.2. The Morgan fingerprint density at radius 3 is 2.50 bits per heavy atom. The van der Waals surface area contributed by atoms with Crippen LogP contribution < -0.4 is 22.7 Å². The summed E-state index contributed by atoms with van der Waals surface area (Å²) in [6.07, 6.45) is 3.93. The van der Waals surface area contributed by atoms with Crippen molar-refractivity contribution in [1.29, 1.82) is 0 Å². The Balaban J connectivity index is 3.66. The number of nitrogens with two attached hydrogens (primary N) is 3. The van der Waals surface area contributed by atoms with Crippen LogP contribution in [0.5, 0.6) is 0 Å². The Morgan fingerprint density at radius 1 is 1.50 bits per heavy atom. The first-order valence-electron chi connectivity index (χ1n) is 2.71. The summed E-state index contributed by atoms with van der Waals surface area (Å²) in [5, 5.41) is 8.19. The van der Waals surface area contributed by atoms with Crippen LogP contribution in [-0.4, -0.2) is 11.4 Å². The summed E-state index contributed by atoms with van der Waals surface area (Å²) in [5.74, 6) is 0.196. The fraction of sp³-hybridized carbons (Fsp3) is 0.200. The lowest BCUT2D eigenvalue weighted by atomic mass is 10.4. The van der Waals surface area contributed by atoms with Gasteiger partial charge in [0.2, 0.25) is 0 Å². The molecule has 0 radical (unpaired) electrons. The van der Waals surface area contributed by atoms with Crippen LogP contribution in [0.2, 0.25) is 0 Å². The summed E-state index contributed by atoms with van der Waals surface area (Å²) in [4.78, 5) is 0. The Morgan fingerprint density at radius 2 is 2.10 bits per heavy atom. The van der Waals surface area contributed by atoms with Crippen molar-refractivity contribution in [2.45, 2.75) is 6.17 Å². The van der Waals surface area contributed by atoms with Crippen molar-refractivity contribution >= 4 is 0 Å². The van der Waals surface area contributed by atoms with Crippen LogP contribution in [0.25, 0.3) is 0 Å². The quantitative estimate of drug-likeness (QED) is 0.189. The van der Waals surface area contributed by atoms with Crippen LogP contribution in [0.15, 0.2) is 24.0 Å². The fourth-order valence-corrected chi connectivity index (χ4v) is 0.329. The minimum Gasteiger partial charge on any atom is -0.386 e. The molecule has 0 fully saturated rings. The van der Waals surface area contributed by atoms with Gasteiger partial charge < -0.3 is 22.4 Å². The number of nitrogens with one attached hydrogen (secondary N) is 1. The summed E-state index contributed by atoms with van der Waals surface area (Å²) in [6, 6.07) is 0. The highest BCUT2D eigenvalue weighted by molar-refractivity contribution is 5.08. The van der Waals surface area contributed by atoms with E-state index in [0.717, 1.165) is 0 Å². The average molecular weight is 144 g/mol. The SMILES string of the molecule is NC(N)=C/C=C/C(N)NO. The zero-order valence-electron chi connectivity index (χ0n) is 5.49. The number of hydrogen-bond acceptors (Lipinski definition) is 5. The lowest BCUT2D eigenvalue weighted by molar-refractivity contribution is 0.145.